The van der Waals surface area contributed by atoms with Crippen molar-refractivity contribution in [2.75, 3.05) is 7.11 Å². The van der Waals surface area contributed by atoms with E-state index in [0.29, 0.717) is 36.9 Å². The Morgan fingerprint density at radius 3 is 2.38 bits per heavy atom. The fourth-order valence-corrected chi connectivity index (χ4v) is 3.82. The molecule has 2 aromatic carbocycles. The molecule has 8 heteroatoms. The number of halogens is 3. The Hall–Kier alpha value is -1.79. The van der Waals surface area contributed by atoms with E-state index in [2.05, 4.69) is 4.99 Å². The summed E-state index contributed by atoms with van der Waals surface area (Å²) < 4.78 is 6.87. The molecule has 0 saturated carbocycles. The minimum atomic E-state index is -0.362. The summed E-state index contributed by atoms with van der Waals surface area (Å²) in [5, 5.41) is 3.04. The molecule has 0 fully saturated rings. The molecule has 0 spiro atoms. The van der Waals surface area contributed by atoms with E-state index in [1.807, 2.05) is 12.3 Å². The summed E-state index contributed by atoms with van der Waals surface area (Å²) in [5.41, 5.74) is 1.95. The third-order valence-electron chi connectivity index (χ3n) is 3.64. The van der Waals surface area contributed by atoms with Crippen molar-refractivity contribution in [2.45, 2.75) is 6.92 Å². The quantitative estimate of drug-likeness (QED) is 0.514. The molecule has 134 valence electrons. The third-order valence-corrected chi connectivity index (χ3v) is 5.61. The molecule has 0 aliphatic heterocycles. The van der Waals surface area contributed by atoms with Crippen molar-refractivity contribution < 1.29 is 9.53 Å². The molecule has 1 amide bonds. The van der Waals surface area contributed by atoms with Gasteiger partial charge in [0.2, 0.25) is 0 Å². The smallest absolute Gasteiger partial charge is 0.279 e. The van der Waals surface area contributed by atoms with Gasteiger partial charge in [-0.2, -0.15) is 4.99 Å². The second-order valence-electron chi connectivity index (χ2n) is 5.36. The average Bonchev–Trinajstić information content (AvgIpc) is 2.98. The first kappa shape index (κ1) is 19.0. The van der Waals surface area contributed by atoms with Crippen LogP contribution in [0.25, 0.3) is 5.69 Å². The highest BCUT2D eigenvalue weighted by Crippen LogP contribution is 2.31. The van der Waals surface area contributed by atoms with Gasteiger partial charge < -0.3 is 4.74 Å². The van der Waals surface area contributed by atoms with Crippen LogP contribution in [0.15, 0.2) is 46.8 Å². The van der Waals surface area contributed by atoms with Crippen molar-refractivity contribution in [3.8, 4) is 11.4 Å². The zero-order valence-corrected chi connectivity index (χ0v) is 16.9. The number of rotatable bonds is 3. The monoisotopic (exact) mass is 426 g/mol. The number of nitrogens with zero attached hydrogens (tertiary/aromatic N) is 2. The Labute approximate surface area is 169 Å². The summed E-state index contributed by atoms with van der Waals surface area (Å²) in [5.74, 6) is 0.311. The number of ether oxygens (including phenoxy) is 1. The van der Waals surface area contributed by atoms with Gasteiger partial charge in [0.25, 0.3) is 5.91 Å². The molecule has 26 heavy (non-hydrogen) atoms. The summed E-state index contributed by atoms with van der Waals surface area (Å²) in [6.07, 6.45) is 0. The van der Waals surface area contributed by atoms with E-state index in [0.717, 1.165) is 5.69 Å². The highest BCUT2D eigenvalue weighted by molar-refractivity contribution is 7.07. The number of amides is 1. The predicted octanol–water partition coefficient (Wildman–Crippen LogP) is 5.56. The lowest BCUT2D eigenvalue weighted by atomic mass is 10.2. The first-order chi connectivity index (χ1) is 12.4. The number of aromatic nitrogens is 1. The predicted molar refractivity (Wildman–Crippen MR) is 106 cm³/mol. The van der Waals surface area contributed by atoms with Gasteiger partial charge in [0.15, 0.2) is 4.80 Å². The van der Waals surface area contributed by atoms with Crippen LogP contribution in [0.2, 0.25) is 15.1 Å². The highest BCUT2D eigenvalue weighted by Gasteiger charge is 2.13. The Morgan fingerprint density at radius 1 is 1.08 bits per heavy atom. The number of hydrogen-bond donors (Lipinski definition) is 0. The summed E-state index contributed by atoms with van der Waals surface area (Å²) in [6, 6.07) is 9.99. The lowest BCUT2D eigenvalue weighted by molar-refractivity contribution is 0.0998. The molecule has 0 N–H and O–H groups in total. The van der Waals surface area contributed by atoms with Crippen LogP contribution in [0.1, 0.15) is 16.1 Å². The van der Waals surface area contributed by atoms with E-state index < -0.39 is 0 Å². The van der Waals surface area contributed by atoms with Crippen molar-refractivity contribution in [1.82, 2.24) is 4.57 Å². The van der Waals surface area contributed by atoms with E-state index in [1.54, 1.807) is 48.1 Å². The molecule has 3 rings (SSSR count). The standard InChI is InChI=1S/C18H13Cl3N2O2S/c1-10-9-26-18(22-17(24)11-3-5-12(25-2)6-4-11)23(10)16-8-14(20)13(19)7-15(16)21/h3-9H,1-2H3. The van der Waals surface area contributed by atoms with Crippen LogP contribution in [-0.4, -0.2) is 17.6 Å². The largest absolute Gasteiger partial charge is 0.497 e. The summed E-state index contributed by atoms with van der Waals surface area (Å²) >= 11 is 19.8. The summed E-state index contributed by atoms with van der Waals surface area (Å²) in [7, 11) is 1.57. The molecule has 0 bridgehead atoms. The minimum absolute atomic E-state index is 0.362. The van der Waals surface area contributed by atoms with Crippen LogP contribution in [0, 0.1) is 6.92 Å². The lowest BCUT2D eigenvalue weighted by Crippen LogP contribution is -2.17. The molecule has 1 heterocycles. The number of methoxy groups -OCH3 is 1. The SMILES string of the molecule is COc1ccc(C(=O)N=c2scc(C)n2-c2cc(Cl)c(Cl)cc2Cl)cc1. The fraction of sp³-hybridized carbons (Fsp3) is 0.111. The van der Waals surface area contributed by atoms with Gasteiger partial charge >= 0.3 is 0 Å². The maximum absolute atomic E-state index is 12.5. The number of aryl methyl sites for hydroxylation is 1. The van der Waals surface area contributed by atoms with Gasteiger partial charge in [-0.1, -0.05) is 34.8 Å². The third kappa shape index (κ3) is 3.81. The highest BCUT2D eigenvalue weighted by atomic mass is 35.5. The van der Waals surface area contributed by atoms with Gasteiger partial charge in [-0.15, -0.1) is 11.3 Å². The van der Waals surface area contributed by atoms with Crippen molar-refractivity contribution >= 4 is 52.0 Å². The molecular formula is C18H13Cl3N2O2S. The van der Waals surface area contributed by atoms with Gasteiger partial charge in [0.1, 0.15) is 5.75 Å². The Kier molecular flexibility index (Phi) is 5.73. The molecule has 3 aromatic rings. The van der Waals surface area contributed by atoms with Crippen LogP contribution < -0.4 is 9.54 Å². The molecule has 0 aliphatic rings. The van der Waals surface area contributed by atoms with Crippen molar-refractivity contribution in [3.05, 3.63) is 72.9 Å². The van der Waals surface area contributed by atoms with Crippen LogP contribution in [0.5, 0.6) is 5.75 Å². The maximum atomic E-state index is 12.5. The van der Waals surface area contributed by atoms with Gasteiger partial charge in [-0.3, -0.25) is 9.36 Å². The zero-order valence-electron chi connectivity index (χ0n) is 13.8. The van der Waals surface area contributed by atoms with Crippen molar-refractivity contribution in [2.24, 2.45) is 4.99 Å². The fourth-order valence-electron chi connectivity index (χ4n) is 2.33. The molecule has 1 aromatic heterocycles. The maximum Gasteiger partial charge on any atom is 0.279 e. The topological polar surface area (TPSA) is 43.6 Å². The molecule has 0 unspecified atom stereocenters. The second kappa shape index (κ2) is 7.84. The normalized spacial score (nSPS) is 11.7. The molecule has 0 aliphatic carbocycles. The molecule has 0 radical (unpaired) electrons. The number of hydrogen-bond acceptors (Lipinski definition) is 3. The molecule has 4 nitrogen and oxygen atoms in total. The average molecular weight is 428 g/mol. The zero-order chi connectivity index (χ0) is 18.8. The van der Waals surface area contributed by atoms with Crippen LogP contribution in [0.3, 0.4) is 0 Å². The van der Waals surface area contributed by atoms with Crippen LogP contribution in [0.4, 0.5) is 0 Å². The number of benzene rings is 2. The Balaban J connectivity index is 2.09. The Bertz CT molecular complexity index is 1040. The van der Waals surface area contributed by atoms with Crippen molar-refractivity contribution in [1.29, 1.82) is 0 Å². The van der Waals surface area contributed by atoms with Gasteiger partial charge in [0, 0.05) is 16.6 Å². The Morgan fingerprint density at radius 2 is 1.73 bits per heavy atom. The number of carbonyl (C=O) groups is 1. The van der Waals surface area contributed by atoms with E-state index in [1.165, 1.54) is 11.3 Å². The van der Waals surface area contributed by atoms with Crippen LogP contribution >= 0.6 is 46.1 Å². The minimum Gasteiger partial charge on any atom is -0.497 e. The number of carbonyl (C=O) groups excluding carboxylic acids is 1. The van der Waals surface area contributed by atoms with Crippen LogP contribution in [-0.2, 0) is 0 Å². The van der Waals surface area contributed by atoms with E-state index >= 15 is 0 Å². The van der Waals surface area contributed by atoms with Gasteiger partial charge in [-0.25, -0.2) is 0 Å². The first-order valence-corrected chi connectivity index (χ1v) is 9.47. The molecular weight excluding hydrogens is 415 g/mol. The van der Waals surface area contributed by atoms with Crippen molar-refractivity contribution in [3.63, 3.8) is 0 Å². The van der Waals surface area contributed by atoms with Gasteiger partial charge in [0.05, 0.1) is 27.9 Å². The molecule has 0 saturated heterocycles. The van der Waals surface area contributed by atoms with E-state index in [9.17, 15) is 4.79 Å². The van der Waals surface area contributed by atoms with Gasteiger partial charge in [-0.05, 0) is 43.3 Å². The summed E-state index contributed by atoms with van der Waals surface area (Å²) in [4.78, 5) is 17.2. The summed E-state index contributed by atoms with van der Waals surface area (Å²) in [6.45, 7) is 1.90. The number of thiazole rings is 1. The van der Waals surface area contributed by atoms with E-state index in [-0.39, 0.29) is 5.91 Å². The lowest BCUT2D eigenvalue weighted by Gasteiger charge is -2.10. The van der Waals surface area contributed by atoms with E-state index in [4.69, 9.17) is 39.5 Å². The second-order valence-corrected chi connectivity index (χ2v) is 7.42. The first-order valence-electron chi connectivity index (χ1n) is 7.46. The molecule has 0 atom stereocenters.